The van der Waals surface area contributed by atoms with Gasteiger partial charge in [0.05, 0.1) is 0 Å². The van der Waals surface area contributed by atoms with E-state index < -0.39 is 11.8 Å². The van der Waals surface area contributed by atoms with Gasteiger partial charge in [0.25, 0.3) is 0 Å². The van der Waals surface area contributed by atoms with E-state index in [0.29, 0.717) is 6.42 Å². The Morgan fingerprint density at radius 3 is 2.88 bits per heavy atom. The van der Waals surface area contributed by atoms with Gasteiger partial charge in [0.2, 0.25) is 0 Å². The molecule has 0 saturated heterocycles. The minimum Gasteiger partial charge on any atom is -0.481 e. The van der Waals surface area contributed by atoms with Crippen LogP contribution in [0.25, 0.3) is 0 Å². The lowest BCUT2D eigenvalue weighted by Crippen LogP contribution is -2.48. The molecule has 0 aromatic heterocycles. The minimum atomic E-state index is -1.56. The summed E-state index contributed by atoms with van der Waals surface area (Å²) in [5, 5.41) is 21.4. The first kappa shape index (κ1) is 10.9. The molecule has 0 fully saturated rings. The number of anilines is 1. The molecule has 5 heteroatoms. The van der Waals surface area contributed by atoms with Gasteiger partial charge in [-0.15, -0.1) is 0 Å². The molecule has 1 heterocycles. The summed E-state index contributed by atoms with van der Waals surface area (Å²) in [6.45, 7) is 0. The van der Waals surface area contributed by atoms with Gasteiger partial charge in [-0.25, -0.2) is 0 Å². The number of carbonyl (C=O) groups is 1. The Bertz CT molecular complexity index is 417. The standard InChI is InChI=1S/C11H14N2O3/c12-11(16)8(5-6-10(14)15)7-3-1-2-4-9(7)13-11/h1-4,8,13,16H,5-6,12H2,(H,14,15). The zero-order valence-corrected chi connectivity index (χ0v) is 8.68. The summed E-state index contributed by atoms with van der Waals surface area (Å²) in [5.41, 5.74) is 7.35. The number of nitrogens with one attached hydrogen (secondary N) is 1. The highest BCUT2D eigenvalue weighted by molar-refractivity contribution is 5.67. The number of carboxylic acids is 1. The van der Waals surface area contributed by atoms with Crippen LogP contribution in [0.3, 0.4) is 0 Å². The molecule has 0 bridgehead atoms. The number of benzene rings is 1. The first-order chi connectivity index (χ1) is 7.50. The van der Waals surface area contributed by atoms with Crippen LogP contribution in [0.15, 0.2) is 24.3 Å². The van der Waals surface area contributed by atoms with E-state index in [2.05, 4.69) is 5.32 Å². The molecule has 1 aliphatic heterocycles. The SMILES string of the molecule is NC1(O)Nc2ccccc2C1CCC(=O)O. The average molecular weight is 222 g/mol. The molecule has 5 nitrogen and oxygen atoms in total. The molecule has 1 aromatic rings. The van der Waals surface area contributed by atoms with Crippen molar-refractivity contribution in [1.29, 1.82) is 0 Å². The summed E-state index contributed by atoms with van der Waals surface area (Å²) in [6.07, 6.45) is 0.298. The monoisotopic (exact) mass is 222 g/mol. The molecule has 1 aromatic carbocycles. The van der Waals surface area contributed by atoms with E-state index in [1.165, 1.54) is 0 Å². The van der Waals surface area contributed by atoms with Crippen LogP contribution >= 0.6 is 0 Å². The van der Waals surface area contributed by atoms with Crippen LogP contribution in [0.2, 0.25) is 0 Å². The molecule has 1 aliphatic rings. The van der Waals surface area contributed by atoms with Crippen molar-refractivity contribution in [1.82, 2.24) is 0 Å². The largest absolute Gasteiger partial charge is 0.481 e. The number of fused-ring (bicyclic) bond motifs is 1. The van der Waals surface area contributed by atoms with Crippen molar-refractivity contribution in [3.05, 3.63) is 29.8 Å². The van der Waals surface area contributed by atoms with Gasteiger partial charge in [-0.05, 0) is 18.1 Å². The maximum atomic E-state index is 10.5. The number of para-hydroxylation sites is 1. The molecule has 2 atom stereocenters. The van der Waals surface area contributed by atoms with Crippen molar-refractivity contribution in [2.24, 2.45) is 5.73 Å². The highest BCUT2D eigenvalue weighted by Crippen LogP contribution is 2.41. The molecular weight excluding hydrogens is 208 g/mol. The van der Waals surface area contributed by atoms with E-state index in [9.17, 15) is 9.90 Å². The van der Waals surface area contributed by atoms with Gasteiger partial charge in [-0.3, -0.25) is 10.5 Å². The zero-order chi connectivity index (χ0) is 11.8. The third-order valence-corrected chi connectivity index (χ3v) is 2.85. The molecule has 0 aliphatic carbocycles. The number of aliphatic carboxylic acids is 1. The maximum Gasteiger partial charge on any atom is 0.303 e. The number of hydrogen-bond acceptors (Lipinski definition) is 4. The summed E-state index contributed by atoms with van der Waals surface area (Å²) in [4.78, 5) is 10.5. The Kier molecular flexibility index (Phi) is 2.57. The Hall–Kier alpha value is -1.59. The molecule has 0 amide bonds. The molecule has 0 radical (unpaired) electrons. The topological polar surface area (TPSA) is 95.6 Å². The van der Waals surface area contributed by atoms with E-state index in [-0.39, 0.29) is 12.3 Å². The maximum absolute atomic E-state index is 10.5. The van der Waals surface area contributed by atoms with Crippen molar-refractivity contribution < 1.29 is 15.0 Å². The van der Waals surface area contributed by atoms with Crippen molar-refractivity contribution >= 4 is 11.7 Å². The van der Waals surface area contributed by atoms with Crippen LogP contribution in [0.4, 0.5) is 5.69 Å². The van der Waals surface area contributed by atoms with Gasteiger partial charge in [0.15, 0.2) is 5.85 Å². The highest BCUT2D eigenvalue weighted by Gasteiger charge is 2.41. The Balaban J connectivity index is 2.24. The molecule has 86 valence electrons. The van der Waals surface area contributed by atoms with Gasteiger partial charge < -0.3 is 15.5 Å². The Morgan fingerprint density at radius 2 is 2.19 bits per heavy atom. The first-order valence-corrected chi connectivity index (χ1v) is 5.11. The predicted octanol–water partition coefficient (Wildman–Crippen LogP) is 0.665. The van der Waals surface area contributed by atoms with Crippen LogP contribution in [-0.4, -0.2) is 22.0 Å². The summed E-state index contributed by atoms with van der Waals surface area (Å²) in [6, 6.07) is 7.34. The molecule has 0 spiro atoms. The Labute approximate surface area is 92.9 Å². The van der Waals surface area contributed by atoms with Crippen LogP contribution < -0.4 is 11.1 Å². The van der Waals surface area contributed by atoms with Gasteiger partial charge >= 0.3 is 5.97 Å². The van der Waals surface area contributed by atoms with E-state index in [4.69, 9.17) is 10.8 Å². The quantitative estimate of drug-likeness (QED) is 0.564. The van der Waals surface area contributed by atoms with Gasteiger partial charge in [0, 0.05) is 18.0 Å². The lowest BCUT2D eigenvalue weighted by Gasteiger charge is -2.25. The fraction of sp³-hybridized carbons (Fsp3) is 0.364. The lowest BCUT2D eigenvalue weighted by atomic mass is 9.92. The van der Waals surface area contributed by atoms with Gasteiger partial charge in [-0.1, -0.05) is 18.2 Å². The summed E-state index contributed by atoms with van der Waals surface area (Å²) in [7, 11) is 0. The fourth-order valence-corrected chi connectivity index (χ4v) is 2.10. The summed E-state index contributed by atoms with van der Waals surface area (Å²) < 4.78 is 0. The van der Waals surface area contributed by atoms with E-state index in [1.54, 1.807) is 0 Å². The third-order valence-electron chi connectivity index (χ3n) is 2.85. The second kappa shape index (κ2) is 3.77. The van der Waals surface area contributed by atoms with E-state index in [1.807, 2.05) is 24.3 Å². The number of aliphatic hydroxyl groups is 1. The van der Waals surface area contributed by atoms with Crippen LogP contribution in [0.1, 0.15) is 24.3 Å². The zero-order valence-electron chi connectivity index (χ0n) is 8.68. The van der Waals surface area contributed by atoms with Crippen LogP contribution in [0.5, 0.6) is 0 Å². The number of rotatable bonds is 3. The summed E-state index contributed by atoms with van der Waals surface area (Å²) >= 11 is 0. The first-order valence-electron chi connectivity index (χ1n) is 5.11. The summed E-state index contributed by atoms with van der Waals surface area (Å²) in [5.74, 6) is -2.83. The van der Waals surface area contributed by atoms with E-state index >= 15 is 0 Å². The molecule has 2 rings (SSSR count). The molecular formula is C11H14N2O3. The second-order valence-corrected chi connectivity index (χ2v) is 4.02. The third kappa shape index (κ3) is 1.87. The predicted molar refractivity (Wildman–Crippen MR) is 58.8 cm³/mol. The molecule has 2 unspecified atom stereocenters. The van der Waals surface area contributed by atoms with Crippen molar-refractivity contribution in [2.75, 3.05) is 5.32 Å². The fourth-order valence-electron chi connectivity index (χ4n) is 2.10. The number of carboxylic acid groups (broad SMARTS) is 1. The van der Waals surface area contributed by atoms with Gasteiger partial charge in [-0.2, -0.15) is 0 Å². The second-order valence-electron chi connectivity index (χ2n) is 4.02. The number of nitrogens with two attached hydrogens (primary N) is 1. The molecule has 0 saturated carbocycles. The smallest absolute Gasteiger partial charge is 0.303 e. The van der Waals surface area contributed by atoms with E-state index in [0.717, 1.165) is 11.3 Å². The average Bonchev–Trinajstić information content (AvgIpc) is 2.44. The Morgan fingerprint density at radius 1 is 1.50 bits per heavy atom. The lowest BCUT2D eigenvalue weighted by molar-refractivity contribution is -0.137. The van der Waals surface area contributed by atoms with Crippen molar-refractivity contribution in [3.8, 4) is 0 Å². The molecule has 16 heavy (non-hydrogen) atoms. The van der Waals surface area contributed by atoms with Crippen molar-refractivity contribution in [3.63, 3.8) is 0 Å². The molecule has 5 N–H and O–H groups in total. The van der Waals surface area contributed by atoms with Crippen LogP contribution in [-0.2, 0) is 4.79 Å². The van der Waals surface area contributed by atoms with Gasteiger partial charge in [0.1, 0.15) is 0 Å². The van der Waals surface area contributed by atoms with Crippen molar-refractivity contribution in [2.45, 2.75) is 24.6 Å². The number of hydrogen-bond donors (Lipinski definition) is 4. The minimum absolute atomic E-state index is 0.0137. The normalized spacial score (nSPS) is 27.2. The highest BCUT2D eigenvalue weighted by atomic mass is 16.4. The van der Waals surface area contributed by atoms with Crippen LogP contribution in [0, 0.1) is 0 Å².